The Morgan fingerprint density at radius 2 is 2.22 bits per heavy atom. The van der Waals surface area contributed by atoms with Crippen molar-refractivity contribution >= 4 is 27.5 Å². The van der Waals surface area contributed by atoms with E-state index in [1.54, 1.807) is 17.1 Å². The number of pyridine rings is 1. The van der Waals surface area contributed by atoms with E-state index in [4.69, 9.17) is 17.3 Å². The molecule has 96 valence electrons. The van der Waals surface area contributed by atoms with Crippen molar-refractivity contribution in [3.63, 3.8) is 0 Å². The lowest BCUT2D eigenvalue weighted by molar-refractivity contribution is 0.638. The molecular weight excluding hydrogens is 316 g/mol. The van der Waals surface area contributed by atoms with Crippen molar-refractivity contribution in [2.24, 2.45) is 12.8 Å². The molecule has 0 aliphatic heterocycles. The highest BCUT2D eigenvalue weighted by Gasteiger charge is 2.16. The minimum Gasteiger partial charge on any atom is -0.324 e. The number of rotatable bonds is 3. The molecule has 0 aliphatic rings. The summed E-state index contributed by atoms with van der Waals surface area (Å²) < 4.78 is 2.70. The van der Waals surface area contributed by atoms with Crippen molar-refractivity contribution in [3.05, 3.63) is 44.9 Å². The summed E-state index contributed by atoms with van der Waals surface area (Å²) in [6.45, 7) is 1.89. The van der Waals surface area contributed by atoms with E-state index in [-0.39, 0.29) is 6.04 Å². The number of nitrogens with two attached hydrogens (primary N) is 1. The van der Waals surface area contributed by atoms with Gasteiger partial charge in [-0.3, -0.25) is 9.67 Å². The summed E-state index contributed by atoms with van der Waals surface area (Å²) in [7, 11) is 1.88. The summed E-state index contributed by atoms with van der Waals surface area (Å²) in [4.78, 5) is 4.11. The Balaban J connectivity index is 2.24. The average Bonchev–Trinajstić information content (AvgIpc) is 2.56. The van der Waals surface area contributed by atoms with Crippen LogP contribution in [0.3, 0.4) is 0 Å². The first-order chi connectivity index (χ1) is 8.49. The van der Waals surface area contributed by atoms with Crippen LogP contribution in [0.2, 0.25) is 5.02 Å². The van der Waals surface area contributed by atoms with Crippen LogP contribution >= 0.6 is 27.5 Å². The standard InChI is InChI=1S/C12H14BrClN4/c1-7-12(14)11(18(2)17-7)4-10(15)8-3-9(13)6-16-5-8/h3,5-6,10H,4,15H2,1-2H3. The molecule has 0 radical (unpaired) electrons. The molecule has 0 aliphatic carbocycles. The number of hydrogen-bond acceptors (Lipinski definition) is 3. The quantitative estimate of drug-likeness (QED) is 0.942. The smallest absolute Gasteiger partial charge is 0.0847 e. The van der Waals surface area contributed by atoms with Crippen molar-refractivity contribution in [2.75, 3.05) is 0 Å². The normalized spacial score (nSPS) is 12.7. The minimum absolute atomic E-state index is 0.151. The molecule has 2 heterocycles. The topological polar surface area (TPSA) is 56.7 Å². The fraction of sp³-hybridized carbons (Fsp3) is 0.333. The highest BCUT2D eigenvalue weighted by molar-refractivity contribution is 9.10. The summed E-state index contributed by atoms with van der Waals surface area (Å²) in [5.74, 6) is 0. The molecular formula is C12H14BrClN4. The van der Waals surface area contributed by atoms with Crippen molar-refractivity contribution in [1.29, 1.82) is 0 Å². The first-order valence-corrected chi connectivity index (χ1v) is 6.70. The molecule has 6 heteroatoms. The number of aromatic nitrogens is 3. The Kier molecular flexibility index (Phi) is 4.04. The lowest BCUT2D eigenvalue weighted by Crippen LogP contribution is -2.16. The fourth-order valence-electron chi connectivity index (χ4n) is 1.86. The molecule has 4 nitrogen and oxygen atoms in total. The van der Waals surface area contributed by atoms with E-state index in [0.717, 1.165) is 21.4 Å². The van der Waals surface area contributed by atoms with E-state index in [1.807, 2.05) is 20.0 Å². The van der Waals surface area contributed by atoms with Crippen molar-refractivity contribution in [3.8, 4) is 0 Å². The van der Waals surface area contributed by atoms with E-state index in [9.17, 15) is 0 Å². The van der Waals surface area contributed by atoms with Crippen LogP contribution in [-0.4, -0.2) is 14.8 Å². The van der Waals surface area contributed by atoms with Crippen LogP contribution in [0.15, 0.2) is 22.9 Å². The van der Waals surface area contributed by atoms with Gasteiger partial charge in [-0.05, 0) is 34.5 Å². The molecule has 18 heavy (non-hydrogen) atoms. The molecule has 0 spiro atoms. The number of hydrogen-bond donors (Lipinski definition) is 1. The molecule has 0 amide bonds. The van der Waals surface area contributed by atoms with Crippen LogP contribution in [0.1, 0.15) is 23.0 Å². The lowest BCUT2D eigenvalue weighted by Gasteiger charge is -2.12. The Labute approximate surface area is 119 Å². The van der Waals surface area contributed by atoms with Crippen LogP contribution in [0.4, 0.5) is 0 Å². The second-order valence-corrected chi connectivity index (χ2v) is 5.51. The van der Waals surface area contributed by atoms with E-state index in [1.165, 1.54) is 0 Å². The highest BCUT2D eigenvalue weighted by atomic mass is 79.9. The summed E-state index contributed by atoms with van der Waals surface area (Å²) >= 11 is 9.60. The van der Waals surface area contributed by atoms with Gasteiger partial charge in [-0.1, -0.05) is 11.6 Å². The van der Waals surface area contributed by atoms with Gasteiger partial charge in [0, 0.05) is 36.4 Å². The van der Waals surface area contributed by atoms with Gasteiger partial charge in [-0.25, -0.2) is 0 Å². The van der Waals surface area contributed by atoms with Gasteiger partial charge in [0.2, 0.25) is 0 Å². The van der Waals surface area contributed by atoms with E-state index < -0.39 is 0 Å². The zero-order chi connectivity index (χ0) is 13.3. The summed E-state index contributed by atoms with van der Waals surface area (Å²) in [5, 5.41) is 4.97. The fourth-order valence-corrected chi connectivity index (χ4v) is 2.48. The SMILES string of the molecule is Cc1nn(C)c(CC(N)c2cncc(Br)c2)c1Cl. The van der Waals surface area contributed by atoms with Crippen LogP contribution in [0, 0.1) is 6.92 Å². The molecule has 2 rings (SSSR count). The summed E-state index contributed by atoms with van der Waals surface area (Å²) in [6.07, 6.45) is 4.14. The Hall–Kier alpha value is -0.910. The molecule has 2 N–H and O–H groups in total. The van der Waals surface area contributed by atoms with Crippen LogP contribution in [-0.2, 0) is 13.5 Å². The van der Waals surface area contributed by atoms with Gasteiger partial charge in [-0.15, -0.1) is 0 Å². The Morgan fingerprint density at radius 1 is 1.50 bits per heavy atom. The first-order valence-electron chi connectivity index (χ1n) is 5.53. The van der Waals surface area contributed by atoms with Crippen molar-refractivity contribution in [2.45, 2.75) is 19.4 Å². The third kappa shape index (κ3) is 2.74. The van der Waals surface area contributed by atoms with Crippen LogP contribution < -0.4 is 5.73 Å². The molecule has 0 saturated carbocycles. The van der Waals surface area contributed by atoms with Crippen LogP contribution in [0.5, 0.6) is 0 Å². The first kappa shape index (κ1) is 13.5. The monoisotopic (exact) mass is 328 g/mol. The average molecular weight is 330 g/mol. The highest BCUT2D eigenvalue weighted by Crippen LogP contribution is 2.25. The van der Waals surface area contributed by atoms with Gasteiger partial charge in [0.1, 0.15) is 0 Å². The maximum Gasteiger partial charge on any atom is 0.0847 e. The Bertz CT molecular complexity index is 567. The zero-order valence-electron chi connectivity index (χ0n) is 10.2. The molecule has 0 saturated heterocycles. The number of nitrogens with zero attached hydrogens (tertiary/aromatic N) is 3. The van der Waals surface area contributed by atoms with Gasteiger partial charge in [0.25, 0.3) is 0 Å². The number of aryl methyl sites for hydroxylation is 2. The number of halogens is 2. The third-order valence-electron chi connectivity index (χ3n) is 2.83. The van der Waals surface area contributed by atoms with Gasteiger partial charge < -0.3 is 5.73 Å². The van der Waals surface area contributed by atoms with E-state index >= 15 is 0 Å². The van der Waals surface area contributed by atoms with Crippen molar-refractivity contribution < 1.29 is 0 Å². The minimum atomic E-state index is -0.151. The van der Waals surface area contributed by atoms with E-state index in [0.29, 0.717) is 11.4 Å². The molecule has 0 bridgehead atoms. The molecule has 1 atom stereocenters. The summed E-state index contributed by atoms with van der Waals surface area (Å²) in [6, 6.07) is 1.82. The lowest BCUT2D eigenvalue weighted by atomic mass is 10.0. The third-order valence-corrected chi connectivity index (χ3v) is 3.75. The predicted octanol–water partition coefficient (Wildman–Crippen LogP) is 2.78. The van der Waals surface area contributed by atoms with Crippen LogP contribution in [0.25, 0.3) is 0 Å². The maximum atomic E-state index is 6.21. The Morgan fingerprint density at radius 3 is 2.78 bits per heavy atom. The van der Waals surface area contributed by atoms with E-state index in [2.05, 4.69) is 26.0 Å². The molecule has 0 fully saturated rings. The molecule has 2 aromatic heterocycles. The molecule has 0 aromatic carbocycles. The zero-order valence-corrected chi connectivity index (χ0v) is 12.5. The van der Waals surface area contributed by atoms with Gasteiger partial charge >= 0.3 is 0 Å². The summed E-state index contributed by atoms with van der Waals surface area (Å²) in [5.41, 5.74) is 8.93. The largest absolute Gasteiger partial charge is 0.324 e. The van der Waals surface area contributed by atoms with Gasteiger partial charge in [0.15, 0.2) is 0 Å². The van der Waals surface area contributed by atoms with Gasteiger partial charge in [-0.2, -0.15) is 5.10 Å². The molecule has 2 aromatic rings. The van der Waals surface area contributed by atoms with Gasteiger partial charge in [0.05, 0.1) is 16.4 Å². The second kappa shape index (κ2) is 5.38. The maximum absolute atomic E-state index is 6.21. The van der Waals surface area contributed by atoms with Crippen molar-refractivity contribution in [1.82, 2.24) is 14.8 Å². The molecule has 1 unspecified atom stereocenters. The second-order valence-electron chi connectivity index (χ2n) is 4.22. The predicted molar refractivity (Wildman–Crippen MR) is 75.5 cm³/mol.